The van der Waals surface area contributed by atoms with E-state index in [-0.39, 0.29) is 5.56 Å². The van der Waals surface area contributed by atoms with Crippen LogP contribution in [0.1, 0.15) is 0 Å². The molecule has 0 aliphatic heterocycles. The van der Waals surface area contributed by atoms with E-state index in [1.54, 1.807) is 7.11 Å². The number of methoxy groups -OCH3 is 1. The van der Waals surface area contributed by atoms with Crippen molar-refractivity contribution in [3.05, 3.63) is 51.5 Å². The van der Waals surface area contributed by atoms with Crippen LogP contribution in [0.2, 0.25) is 0 Å². The highest BCUT2D eigenvalue weighted by Gasteiger charge is 2.06. The number of aromatic nitrogens is 2. The fraction of sp³-hybridized carbons (Fsp3) is 0.200. The molecule has 0 amide bonds. The second-order valence-electron chi connectivity index (χ2n) is 4.62. The fourth-order valence-electron chi connectivity index (χ4n) is 2.33. The Balaban J connectivity index is 2.33. The maximum atomic E-state index is 12.5. The Morgan fingerprint density at radius 3 is 2.65 bits per heavy atom. The normalized spacial score (nSPS) is 11.2. The minimum absolute atomic E-state index is 0.0773. The van der Waals surface area contributed by atoms with Crippen LogP contribution in [-0.2, 0) is 11.3 Å². The minimum atomic E-state index is -0.0773. The molecule has 0 atom stereocenters. The number of nitrogens with one attached hydrogen (secondary N) is 1. The van der Waals surface area contributed by atoms with E-state index in [0.29, 0.717) is 23.3 Å². The van der Waals surface area contributed by atoms with Gasteiger partial charge in [-0.25, -0.2) is 0 Å². The lowest BCUT2D eigenvalue weighted by atomic mass is 10.1. The van der Waals surface area contributed by atoms with Crippen molar-refractivity contribution in [2.24, 2.45) is 0 Å². The van der Waals surface area contributed by atoms with Crippen molar-refractivity contribution in [1.29, 1.82) is 0 Å². The third-order valence-corrected chi connectivity index (χ3v) is 3.69. The van der Waals surface area contributed by atoms with E-state index in [0.717, 1.165) is 16.3 Å². The van der Waals surface area contributed by atoms with Crippen molar-refractivity contribution in [3.8, 4) is 0 Å². The van der Waals surface area contributed by atoms with Crippen LogP contribution in [0.3, 0.4) is 0 Å². The van der Waals surface area contributed by atoms with E-state index in [4.69, 9.17) is 17.0 Å². The van der Waals surface area contributed by atoms with Crippen molar-refractivity contribution in [3.63, 3.8) is 0 Å². The summed E-state index contributed by atoms with van der Waals surface area (Å²) in [5.74, 6) is 0. The predicted molar refractivity (Wildman–Crippen MR) is 82.8 cm³/mol. The molecule has 0 saturated carbocycles. The molecule has 102 valence electrons. The number of fused-ring (bicyclic) bond motifs is 2. The molecule has 20 heavy (non-hydrogen) atoms. The summed E-state index contributed by atoms with van der Waals surface area (Å²) < 4.78 is 6.98. The second-order valence-corrected chi connectivity index (χ2v) is 5.01. The van der Waals surface area contributed by atoms with E-state index in [1.807, 2.05) is 36.4 Å². The predicted octanol–water partition coefficient (Wildman–Crippen LogP) is 2.86. The van der Waals surface area contributed by atoms with E-state index >= 15 is 0 Å². The number of H-pyrrole nitrogens is 1. The molecule has 3 rings (SSSR count). The van der Waals surface area contributed by atoms with Gasteiger partial charge in [0.2, 0.25) is 0 Å². The molecule has 2 aromatic carbocycles. The Labute approximate surface area is 120 Å². The van der Waals surface area contributed by atoms with Crippen LogP contribution >= 0.6 is 12.2 Å². The van der Waals surface area contributed by atoms with Gasteiger partial charge in [-0.15, -0.1) is 0 Å². The number of nitrogens with zero attached hydrogens (tertiary/aromatic N) is 1. The topological polar surface area (TPSA) is 47.0 Å². The maximum Gasteiger partial charge on any atom is 0.262 e. The molecule has 0 unspecified atom stereocenters. The first-order valence-corrected chi connectivity index (χ1v) is 6.76. The Bertz CT molecular complexity index is 896. The van der Waals surface area contributed by atoms with E-state index < -0.39 is 0 Å². The summed E-state index contributed by atoms with van der Waals surface area (Å²) in [6, 6.07) is 11.8. The van der Waals surface area contributed by atoms with Gasteiger partial charge in [0.1, 0.15) is 0 Å². The molecule has 0 aliphatic carbocycles. The zero-order chi connectivity index (χ0) is 14.1. The molecule has 1 heterocycles. The number of ether oxygens (including phenoxy) is 1. The lowest BCUT2D eigenvalue weighted by Crippen LogP contribution is -2.24. The Kier molecular flexibility index (Phi) is 3.38. The smallest absolute Gasteiger partial charge is 0.262 e. The van der Waals surface area contributed by atoms with Crippen LogP contribution in [0.15, 0.2) is 41.2 Å². The number of benzene rings is 2. The SMILES string of the molecule is COCCn1c(=S)[nH]c2cc3ccccc3cc2c1=O. The molecule has 0 spiro atoms. The van der Waals surface area contributed by atoms with Gasteiger partial charge < -0.3 is 9.72 Å². The first-order valence-electron chi connectivity index (χ1n) is 6.35. The third-order valence-electron chi connectivity index (χ3n) is 3.37. The highest BCUT2D eigenvalue weighted by Crippen LogP contribution is 2.19. The van der Waals surface area contributed by atoms with Gasteiger partial charge >= 0.3 is 0 Å². The number of aromatic amines is 1. The van der Waals surface area contributed by atoms with Crippen LogP contribution in [0, 0.1) is 4.77 Å². The van der Waals surface area contributed by atoms with Crippen molar-refractivity contribution >= 4 is 33.9 Å². The van der Waals surface area contributed by atoms with Crippen LogP contribution in [0.4, 0.5) is 0 Å². The Morgan fingerprint density at radius 1 is 1.25 bits per heavy atom. The quantitative estimate of drug-likeness (QED) is 0.595. The summed E-state index contributed by atoms with van der Waals surface area (Å²) in [6.07, 6.45) is 0. The Hall–Kier alpha value is -1.98. The molecule has 1 N–H and O–H groups in total. The molecule has 0 fully saturated rings. The van der Waals surface area contributed by atoms with Crippen molar-refractivity contribution in [1.82, 2.24) is 9.55 Å². The number of rotatable bonds is 3. The fourth-order valence-corrected chi connectivity index (χ4v) is 2.61. The van der Waals surface area contributed by atoms with Gasteiger partial charge in [-0.3, -0.25) is 9.36 Å². The molecular weight excluding hydrogens is 272 g/mol. The van der Waals surface area contributed by atoms with Gasteiger partial charge in [0.05, 0.1) is 24.1 Å². The van der Waals surface area contributed by atoms with E-state index in [2.05, 4.69) is 4.98 Å². The zero-order valence-electron chi connectivity index (χ0n) is 11.1. The van der Waals surface area contributed by atoms with Gasteiger partial charge in [0, 0.05) is 7.11 Å². The first kappa shape index (κ1) is 13.0. The standard InChI is InChI=1S/C15H14N2O2S/c1-19-7-6-17-14(18)12-8-10-4-2-3-5-11(10)9-13(12)16-15(17)20/h2-5,8-9H,6-7H2,1H3,(H,16,20). The molecule has 1 aromatic heterocycles. The van der Waals surface area contributed by atoms with Gasteiger partial charge in [-0.2, -0.15) is 0 Å². The summed E-state index contributed by atoms with van der Waals surface area (Å²) in [5.41, 5.74) is 0.693. The molecular formula is C15H14N2O2S. The largest absolute Gasteiger partial charge is 0.383 e. The summed E-state index contributed by atoms with van der Waals surface area (Å²) >= 11 is 5.25. The number of hydrogen-bond donors (Lipinski definition) is 1. The van der Waals surface area contributed by atoms with E-state index in [9.17, 15) is 4.79 Å². The van der Waals surface area contributed by atoms with Crippen LogP contribution in [-0.4, -0.2) is 23.3 Å². The van der Waals surface area contributed by atoms with E-state index in [1.165, 1.54) is 4.57 Å². The highest BCUT2D eigenvalue weighted by atomic mass is 32.1. The highest BCUT2D eigenvalue weighted by molar-refractivity contribution is 7.71. The number of hydrogen-bond acceptors (Lipinski definition) is 3. The first-order chi connectivity index (χ1) is 9.70. The third kappa shape index (κ3) is 2.15. The molecule has 0 radical (unpaired) electrons. The summed E-state index contributed by atoms with van der Waals surface area (Å²) in [7, 11) is 1.60. The van der Waals surface area contributed by atoms with Crippen molar-refractivity contribution < 1.29 is 4.74 Å². The van der Waals surface area contributed by atoms with Crippen LogP contribution < -0.4 is 5.56 Å². The van der Waals surface area contributed by atoms with Crippen molar-refractivity contribution in [2.75, 3.05) is 13.7 Å². The van der Waals surface area contributed by atoms with Gasteiger partial charge in [0.15, 0.2) is 4.77 Å². The lowest BCUT2D eigenvalue weighted by molar-refractivity contribution is 0.185. The van der Waals surface area contributed by atoms with Gasteiger partial charge in [-0.1, -0.05) is 24.3 Å². The van der Waals surface area contributed by atoms with Gasteiger partial charge in [0.25, 0.3) is 5.56 Å². The van der Waals surface area contributed by atoms with Crippen molar-refractivity contribution in [2.45, 2.75) is 6.54 Å². The average molecular weight is 286 g/mol. The zero-order valence-corrected chi connectivity index (χ0v) is 11.9. The van der Waals surface area contributed by atoms with Gasteiger partial charge in [-0.05, 0) is 35.1 Å². The summed E-state index contributed by atoms with van der Waals surface area (Å²) in [4.78, 5) is 15.6. The van der Waals surface area contributed by atoms with Crippen LogP contribution in [0.25, 0.3) is 21.7 Å². The molecule has 0 saturated heterocycles. The second kappa shape index (κ2) is 5.19. The maximum absolute atomic E-state index is 12.5. The molecule has 3 aromatic rings. The molecule has 4 nitrogen and oxygen atoms in total. The minimum Gasteiger partial charge on any atom is -0.383 e. The summed E-state index contributed by atoms with van der Waals surface area (Å²) in [6.45, 7) is 0.907. The van der Waals surface area contributed by atoms with Crippen LogP contribution in [0.5, 0.6) is 0 Å². The lowest BCUT2D eigenvalue weighted by Gasteiger charge is -2.08. The summed E-state index contributed by atoms with van der Waals surface area (Å²) in [5, 5.41) is 2.77. The molecule has 0 aliphatic rings. The Morgan fingerprint density at radius 2 is 1.95 bits per heavy atom. The molecule has 5 heteroatoms. The molecule has 0 bridgehead atoms. The average Bonchev–Trinajstić information content (AvgIpc) is 2.45. The monoisotopic (exact) mass is 286 g/mol.